The van der Waals surface area contributed by atoms with E-state index in [2.05, 4.69) is 36.5 Å². The summed E-state index contributed by atoms with van der Waals surface area (Å²) in [6, 6.07) is 6.86. The third-order valence-corrected chi connectivity index (χ3v) is 2.80. The van der Waals surface area contributed by atoms with Gasteiger partial charge in [-0.2, -0.15) is 0 Å². The molecule has 2 aromatic rings. The molecule has 0 aliphatic rings. The second kappa shape index (κ2) is 6.14. The third kappa shape index (κ3) is 3.92. The predicted octanol–water partition coefficient (Wildman–Crippen LogP) is 1.54. The summed E-state index contributed by atoms with van der Waals surface area (Å²) < 4.78 is 0.889. The molecule has 2 amide bonds. The van der Waals surface area contributed by atoms with Crippen molar-refractivity contribution < 1.29 is 9.59 Å². The molecule has 6 nitrogen and oxygen atoms in total. The molecule has 0 saturated heterocycles. The molecular formula is C12H11BrN4O2. The van der Waals surface area contributed by atoms with E-state index in [1.54, 1.807) is 30.5 Å². The number of aromatic amines is 1. The van der Waals surface area contributed by atoms with E-state index in [0.717, 1.165) is 4.47 Å². The molecule has 1 aromatic carbocycles. The lowest BCUT2D eigenvalue weighted by atomic mass is 10.2. The predicted molar refractivity (Wildman–Crippen MR) is 73.7 cm³/mol. The zero-order chi connectivity index (χ0) is 13.7. The molecule has 0 aliphatic carbocycles. The van der Waals surface area contributed by atoms with Crippen LogP contribution in [0.5, 0.6) is 0 Å². The summed E-state index contributed by atoms with van der Waals surface area (Å²) in [5, 5.41) is 5.03. The first-order valence-corrected chi connectivity index (χ1v) is 6.27. The topological polar surface area (TPSA) is 86.9 Å². The Kier molecular flexibility index (Phi) is 4.30. The Morgan fingerprint density at radius 1 is 1.26 bits per heavy atom. The van der Waals surface area contributed by atoms with Gasteiger partial charge in [0.1, 0.15) is 0 Å². The second-order valence-electron chi connectivity index (χ2n) is 3.68. The van der Waals surface area contributed by atoms with Crippen LogP contribution < -0.4 is 10.6 Å². The van der Waals surface area contributed by atoms with Crippen molar-refractivity contribution in [2.75, 3.05) is 11.9 Å². The Bertz CT molecular complexity index is 566. The first kappa shape index (κ1) is 13.3. The van der Waals surface area contributed by atoms with Gasteiger partial charge in [0.25, 0.3) is 5.91 Å². The fourth-order valence-corrected chi connectivity index (χ4v) is 1.64. The van der Waals surface area contributed by atoms with Crippen molar-refractivity contribution in [3.05, 3.63) is 46.7 Å². The lowest BCUT2D eigenvalue weighted by Gasteiger charge is -2.05. The number of imidazole rings is 1. The minimum Gasteiger partial charge on any atom is -0.343 e. The summed E-state index contributed by atoms with van der Waals surface area (Å²) in [7, 11) is 0. The van der Waals surface area contributed by atoms with Gasteiger partial charge >= 0.3 is 0 Å². The molecule has 0 bridgehead atoms. The van der Waals surface area contributed by atoms with Crippen molar-refractivity contribution in [3.8, 4) is 0 Å². The average Bonchev–Trinajstić information content (AvgIpc) is 2.89. The quantitative estimate of drug-likeness (QED) is 0.798. The van der Waals surface area contributed by atoms with Gasteiger partial charge in [0, 0.05) is 22.4 Å². The number of nitrogens with zero attached hydrogens (tertiary/aromatic N) is 1. The van der Waals surface area contributed by atoms with E-state index < -0.39 is 0 Å². The number of aromatic nitrogens is 2. The van der Waals surface area contributed by atoms with Crippen LogP contribution in [0.3, 0.4) is 0 Å². The molecule has 0 spiro atoms. The lowest BCUT2D eigenvalue weighted by Crippen LogP contribution is -2.33. The van der Waals surface area contributed by atoms with E-state index in [-0.39, 0.29) is 18.4 Å². The fourth-order valence-electron chi connectivity index (χ4n) is 1.37. The molecule has 0 saturated carbocycles. The van der Waals surface area contributed by atoms with Crippen molar-refractivity contribution in [1.82, 2.24) is 15.3 Å². The monoisotopic (exact) mass is 322 g/mol. The van der Waals surface area contributed by atoms with Gasteiger partial charge in [-0.1, -0.05) is 15.9 Å². The zero-order valence-corrected chi connectivity index (χ0v) is 11.4. The molecule has 0 aliphatic heterocycles. The third-order valence-electron chi connectivity index (χ3n) is 2.27. The molecule has 98 valence electrons. The molecule has 2 rings (SSSR count). The van der Waals surface area contributed by atoms with Crippen LogP contribution in [0, 0.1) is 0 Å². The Morgan fingerprint density at radius 2 is 2.00 bits per heavy atom. The van der Waals surface area contributed by atoms with Crippen LogP contribution in [0.2, 0.25) is 0 Å². The summed E-state index contributed by atoms with van der Waals surface area (Å²) in [6.07, 6.45) is 3.12. The minimum absolute atomic E-state index is 0.115. The van der Waals surface area contributed by atoms with E-state index in [1.807, 2.05) is 0 Å². The van der Waals surface area contributed by atoms with Crippen LogP contribution in [0.4, 0.5) is 5.95 Å². The zero-order valence-electron chi connectivity index (χ0n) is 9.81. The van der Waals surface area contributed by atoms with Gasteiger partial charge in [-0.3, -0.25) is 14.9 Å². The number of anilines is 1. The maximum Gasteiger partial charge on any atom is 0.251 e. The molecule has 0 radical (unpaired) electrons. The van der Waals surface area contributed by atoms with E-state index in [4.69, 9.17) is 0 Å². The van der Waals surface area contributed by atoms with Crippen molar-refractivity contribution in [2.45, 2.75) is 0 Å². The summed E-state index contributed by atoms with van der Waals surface area (Å²) >= 11 is 3.28. The van der Waals surface area contributed by atoms with Gasteiger partial charge < -0.3 is 10.3 Å². The van der Waals surface area contributed by atoms with E-state index in [0.29, 0.717) is 11.5 Å². The number of hydrogen-bond acceptors (Lipinski definition) is 3. The normalized spacial score (nSPS) is 9.95. The molecule has 1 heterocycles. The number of benzene rings is 1. The van der Waals surface area contributed by atoms with E-state index >= 15 is 0 Å². The highest BCUT2D eigenvalue weighted by Gasteiger charge is 2.08. The Balaban J connectivity index is 1.83. The fraction of sp³-hybridized carbons (Fsp3) is 0.0833. The van der Waals surface area contributed by atoms with Crippen molar-refractivity contribution in [3.63, 3.8) is 0 Å². The van der Waals surface area contributed by atoms with E-state index in [1.165, 1.54) is 6.20 Å². The van der Waals surface area contributed by atoms with Crippen LogP contribution in [-0.4, -0.2) is 28.3 Å². The standard InChI is InChI=1S/C12H11BrN4O2/c13-9-3-1-8(2-4-9)11(19)16-7-10(18)17-12-14-5-6-15-12/h1-6H,7H2,(H,16,19)(H2,14,15,17,18). The number of carbonyl (C=O) groups excluding carboxylic acids is 2. The van der Waals surface area contributed by atoms with Crippen LogP contribution >= 0.6 is 15.9 Å². The molecular weight excluding hydrogens is 312 g/mol. The smallest absolute Gasteiger partial charge is 0.251 e. The Hall–Kier alpha value is -2.15. The summed E-state index contributed by atoms with van der Waals surface area (Å²) in [6.45, 7) is -0.115. The highest BCUT2D eigenvalue weighted by molar-refractivity contribution is 9.10. The van der Waals surface area contributed by atoms with Crippen molar-refractivity contribution in [1.29, 1.82) is 0 Å². The number of nitrogens with one attached hydrogen (secondary N) is 3. The maximum absolute atomic E-state index is 11.7. The summed E-state index contributed by atoms with van der Waals surface area (Å²) in [4.78, 5) is 29.8. The highest BCUT2D eigenvalue weighted by atomic mass is 79.9. The van der Waals surface area contributed by atoms with Gasteiger partial charge in [-0.25, -0.2) is 4.98 Å². The Morgan fingerprint density at radius 3 is 2.63 bits per heavy atom. The maximum atomic E-state index is 11.7. The lowest BCUT2D eigenvalue weighted by molar-refractivity contribution is -0.115. The highest BCUT2D eigenvalue weighted by Crippen LogP contribution is 2.10. The minimum atomic E-state index is -0.347. The van der Waals surface area contributed by atoms with Crippen molar-refractivity contribution in [2.24, 2.45) is 0 Å². The molecule has 3 N–H and O–H groups in total. The van der Waals surface area contributed by atoms with Gasteiger partial charge in [-0.05, 0) is 24.3 Å². The van der Waals surface area contributed by atoms with Gasteiger partial charge in [0.2, 0.25) is 11.9 Å². The first-order valence-electron chi connectivity index (χ1n) is 5.48. The molecule has 0 fully saturated rings. The molecule has 0 unspecified atom stereocenters. The molecule has 19 heavy (non-hydrogen) atoms. The molecule has 7 heteroatoms. The van der Waals surface area contributed by atoms with Crippen LogP contribution in [0.15, 0.2) is 41.1 Å². The first-order chi connectivity index (χ1) is 9.15. The summed E-state index contributed by atoms with van der Waals surface area (Å²) in [5.41, 5.74) is 0.494. The molecule has 0 atom stereocenters. The van der Waals surface area contributed by atoms with E-state index in [9.17, 15) is 9.59 Å². The van der Waals surface area contributed by atoms with Gasteiger partial charge in [0.05, 0.1) is 6.54 Å². The van der Waals surface area contributed by atoms with Gasteiger partial charge in [0.15, 0.2) is 0 Å². The number of amides is 2. The largest absolute Gasteiger partial charge is 0.343 e. The number of hydrogen-bond donors (Lipinski definition) is 3. The van der Waals surface area contributed by atoms with Crippen LogP contribution in [-0.2, 0) is 4.79 Å². The Labute approximate surface area is 117 Å². The van der Waals surface area contributed by atoms with Gasteiger partial charge in [-0.15, -0.1) is 0 Å². The van der Waals surface area contributed by atoms with Crippen LogP contribution in [0.25, 0.3) is 0 Å². The average molecular weight is 323 g/mol. The number of rotatable bonds is 4. The summed E-state index contributed by atoms with van der Waals surface area (Å²) in [5.74, 6) is -0.301. The number of carbonyl (C=O) groups is 2. The molecule has 1 aromatic heterocycles. The van der Waals surface area contributed by atoms with Crippen LogP contribution in [0.1, 0.15) is 10.4 Å². The second-order valence-corrected chi connectivity index (χ2v) is 4.59. The number of halogens is 1. The SMILES string of the molecule is O=C(CNC(=O)c1ccc(Br)cc1)Nc1ncc[nH]1. The number of H-pyrrole nitrogens is 1. The van der Waals surface area contributed by atoms with Crippen molar-refractivity contribution >= 4 is 33.7 Å².